The average molecular weight is 529 g/mol. The van der Waals surface area contributed by atoms with Gasteiger partial charge in [0.2, 0.25) is 0 Å². The number of esters is 1. The fourth-order valence-corrected chi connectivity index (χ4v) is 2.22. The number of carbonyl (C=O) groups excluding carboxylic acids is 1. The molecular weight excluding hydrogens is 484 g/mol. The number of hydrogen-bond donors (Lipinski definition) is 1. The summed E-state index contributed by atoms with van der Waals surface area (Å²) in [6, 6.07) is 0. The third-order valence-corrected chi connectivity index (χ3v) is 3.93. The first kappa shape index (κ1) is 34.8. The number of hydrogen-bond acceptors (Lipinski definition) is 13. The Hall–Kier alpha value is -1.23. The molecule has 0 aromatic heterocycles. The van der Waals surface area contributed by atoms with Crippen LogP contribution in [0.1, 0.15) is 0 Å². The van der Waals surface area contributed by atoms with Gasteiger partial charge < -0.3 is 47.4 Å². The zero-order chi connectivity index (χ0) is 26.2. The lowest BCUT2D eigenvalue weighted by atomic mass is 10.6. The van der Waals surface area contributed by atoms with Gasteiger partial charge in [0, 0.05) is 6.08 Å². The fraction of sp³-hybridized carbons (Fsp3) is 0.870. The predicted molar refractivity (Wildman–Crippen MR) is 127 cm³/mol. The van der Waals surface area contributed by atoms with Gasteiger partial charge in [0.25, 0.3) is 0 Å². The van der Waals surface area contributed by atoms with Gasteiger partial charge in [-0.1, -0.05) is 6.58 Å². The largest absolute Gasteiger partial charge is 0.460 e. The van der Waals surface area contributed by atoms with E-state index < -0.39 is 5.97 Å². The quantitative estimate of drug-likeness (QED) is 0.0436. The molecule has 36 heavy (non-hydrogen) atoms. The molecule has 0 fully saturated rings. The molecule has 0 aromatic carbocycles. The fourth-order valence-electron chi connectivity index (χ4n) is 2.22. The average Bonchev–Trinajstić information content (AvgIpc) is 2.89. The van der Waals surface area contributed by atoms with Crippen molar-refractivity contribution < 1.29 is 62.3 Å². The molecule has 0 amide bonds. The maximum atomic E-state index is 10.8. The molecule has 0 bridgehead atoms. The standard InChI is InChI=1S/C23H44O13/c1-2-23(24)35-21-19-33-17-15-31-13-11-29-9-7-27-5-3-26-4-6-28-8-10-30-12-14-32-16-18-34-20-22-36-25/h2,25H,1,3-22H2. The molecule has 0 saturated carbocycles. The van der Waals surface area contributed by atoms with Crippen molar-refractivity contribution in [1.82, 2.24) is 0 Å². The minimum Gasteiger partial charge on any atom is -0.460 e. The van der Waals surface area contributed by atoms with Crippen LogP contribution in [-0.4, -0.2) is 143 Å². The molecule has 214 valence electrons. The minimum atomic E-state index is -0.461. The predicted octanol–water partition coefficient (Wildman–Crippen LogP) is 0.355. The highest BCUT2D eigenvalue weighted by molar-refractivity contribution is 5.81. The van der Waals surface area contributed by atoms with Gasteiger partial charge in [-0.2, -0.15) is 0 Å². The first-order valence-corrected chi connectivity index (χ1v) is 12.1. The van der Waals surface area contributed by atoms with Crippen molar-refractivity contribution in [3.63, 3.8) is 0 Å². The summed E-state index contributed by atoms with van der Waals surface area (Å²) in [6.45, 7) is 11.9. The van der Waals surface area contributed by atoms with Crippen molar-refractivity contribution >= 4 is 5.97 Å². The van der Waals surface area contributed by atoms with Crippen LogP contribution in [0, 0.1) is 0 Å². The Morgan fingerprint density at radius 2 is 0.667 bits per heavy atom. The van der Waals surface area contributed by atoms with E-state index in [1.165, 1.54) is 0 Å². The molecule has 0 heterocycles. The molecule has 0 aliphatic rings. The highest BCUT2D eigenvalue weighted by Gasteiger charge is 1.97. The molecule has 0 aromatic rings. The minimum absolute atomic E-state index is 0.148. The lowest BCUT2D eigenvalue weighted by Crippen LogP contribution is -2.15. The van der Waals surface area contributed by atoms with Crippen molar-refractivity contribution in [2.45, 2.75) is 0 Å². The maximum Gasteiger partial charge on any atom is 0.330 e. The second kappa shape index (κ2) is 31.8. The number of rotatable bonds is 31. The van der Waals surface area contributed by atoms with E-state index in [0.29, 0.717) is 119 Å². The number of ether oxygens (including phenoxy) is 10. The summed E-state index contributed by atoms with van der Waals surface area (Å²) < 4.78 is 52.8. The summed E-state index contributed by atoms with van der Waals surface area (Å²) in [6.07, 6.45) is 1.11. The van der Waals surface area contributed by atoms with Crippen LogP contribution in [0.25, 0.3) is 0 Å². The first-order chi connectivity index (χ1) is 17.8. The molecule has 0 radical (unpaired) electrons. The Balaban J connectivity index is 3.03. The van der Waals surface area contributed by atoms with Crippen LogP contribution in [-0.2, 0) is 57.1 Å². The SMILES string of the molecule is C=CC(=O)OCCOCCOCCOCCOCCOCCOCCOCCOCCOCCOO. The molecule has 13 heteroatoms. The zero-order valence-corrected chi connectivity index (χ0v) is 21.3. The van der Waals surface area contributed by atoms with Crippen LogP contribution in [0.3, 0.4) is 0 Å². The van der Waals surface area contributed by atoms with Gasteiger partial charge in [0.15, 0.2) is 0 Å². The molecule has 0 aliphatic heterocycles. The second-order valence-corrected chi connectivity index (χ2v) is 6.72. The van der Waals surface area contributed by atoms with Crippen LogP contribution in [0.15, 0.2) is 12.7 Å². The van der Waals surface area contributed by atoms with E-state index >= 15 is 0 Å². The molecular formula is C23H44O13. The third kappa shape index (κ3) is 30.8. The maximum absolute atomic E-state index is 10.8. The van der Waals surface area contributed by atoms with Crippen LogP contribution in [0.4, 0.5) is 0 Å². The molecule has 0 saturated heterocycles. The molecule has 0 unspecified atom stereocenters. The molecule has 0 rings (SSSR count). The topological polar surface area (TPSA) is 139 Å². The van der Waals surface area contributed by atoms with Crippen molar-refractivity contribution in [1.29, 1.82) is 0 Å². The van der Waals surface area contributed by atoms with E-state index in [9.17, 15) is 4.79 Å². The molecule has 1 N–H and O–H groups in total. The van der Waals surface area contributed by atoms with Crippen LogP contribution >= 0.6 is 0 Å². The Morgan fingerprint density at radius 1 is 0.444 bits per heavy atom. The van der Waals surface area contributed by atoms with E-state index in [-0.39, 0.29) is 13.2 Å². The van der Waals surface area contributed by atoms with Gasteiger partial charge in [0.1, 0.15) is 13.2 Å². The van der Waals surface area contributed by atoms with Crippen LogP contribution < -0.4 is 0 Å². The Kier molecular flexibility index (Phi) is 30.7. The van der Waals surface area contributed by atoms with Gasteiger partial charge >= 0.3 is 5.97 Å². The van der Waals surface area contributed by atoms with Gasteiger partial charge in [-0.05, 0) is 0 Å². The van der Waals surface area contributed by atoms with Crippen molar-refractivity contribution in [2.24, 2.45) is 0 Å². The Bertz CT molecular complexity index is 454. The van der Waals surface area contributed by atoms with Crippen molar-refractivity contribution in [2.75, 3.05) is 132 Å². The van der Waals surface area contributed by atoms with E-state index in [1.807, 2.05) is 0 Å². The highest BCUT2D eigenvalue weighted by Crippen LogP contribution is 1.87. The lowest BCUT2D eigenvalue weighted by Gasteiger charge is -2.09. The summed E-state index contributed by atoms with van der Waals surface area (Å²) >= 11 is 0. The zero-order valence-electron chi connectivity index (χ0n) is 21.3. The van der Waals surface area contributed by atoms with Gasteiger partial charge in [0.05, 0.1) is 119 Å². The molecule has 0 aliphatic carbocycles. The van der Waals surface area contributed by atoms with Crippen LogP contribution in [0.5, 0.6) is 0 Å². The third-order valence-electron chi connectivity index (χ3n) is 3.93. The molecule has 0 spiro atoms. The van der Waals surface area contributed by atoms with Crippen molar-refractivity contribution in [3.8, 4) is 0 Å². The second-order valence-electron chi connectivity index (χ2n) is 6.72. The summed E-state index contributed by atoms with van der Waals surface area (Å²) in [5.74, 6) is -0.461. The van der Waals surface area contributed by atoms with Crippen LogP contribution in [0.2, 0.25) is 0 Å². The summed E-state index contributed by atoms with van der Waals surface area (Å²) in [7, 11) is 0. The highest BCUT2D eigenvalue weighted by atomic mass is 17.1. The summed E-state index contributed by atoms with van der Waals surface area (Å²) in [5.41, 5.74) is 0. The Labute approximate surface area is 213 Å². The van der Waals surface area contributed by atoms with E-state index in [1.54, 1.807) is 0 Å². The molecule has 13 nitrogen and oxygen atoms in total. The molecule has 0 atom stereocenters. The Morgan fingerprint density at radius 3 is 0.889 bits per heavy atom. The summed E-state index contributed by atoms with van der Waals surface area (Å²) in [4.78, 5) is 14.7. The number of carbonyl (C=O) groups is 1. The summed E-state index contributed by atoms with van der Waals surface area (Å²) in [5, 5.41) is 8.11. The smallest absolute Gasteiger partial charge is 0.330 e. The lowest BCUT2D eigenvalue weighted by molar-refractivity contribution is -0.249. The van der Waals surface area contributed by atoms with E-state index in [4.69, 9.17) is 52.6 Å². The van der Waals surface area contributed by atoms with E-state index in [2.05, 4.69) is 11.5 Å². The van der Waals surface area contributed by atoms with Gasteiger partial charge in [-0.3, -0.25) is 5.26 Å². The first-order valence-electron chi connectivity index (χ1n) is 12.1. The van der Waals surface area contributed by atoms with Crippen molar-refractivity contribution in [3.05, 3.63) is 12.7 Å². The van der Waals surface area contributed by atoms with Gasteiger partial charge in [-0.25, -0.2) is 9.68 Å². The normalized spacial score (nSPS) is 11.1. The van der Waals surface area contributed by atoms with E-state index in [0.717, 1.165) is 6.08 Å². The van der Waals surface area contributed by atoms with Gasteiger partial charge in [-0.15, -0.1) is 0 Å². The monoisotopic (exact) mass is 528 g/mol.